The lowest BCUT2D eigenvalue weighted by Crippen LogP contribution is -2.26. The normalized spacial score (nSPS) is 10.5. The predicted octanol–water partition coefficient (Wildman–Crippen LogP) is 3.02. The van der Waals surface area contributed by atoms with Gasteiger partial charge in [-0.15, -0.1) is 10.2 Å². The molecule has 1 heterocycles. The third kappa shape index (κ3) is 4.28. The summed E-state index contributed by atoms with van der Waals surface area (Å²) in [4.78, 5) is 13.9. The SMILES string of the molecule is CC(C)CCNC(=O)c1ccc(N(C)c2ccccc2)nn1. The van der Waals surface area contributed by atoms with Crippen molar-refractivity contribution in [1.29, 1.82) is 0 Å². The van der Waals surface area contributed by atoms with Gasteiger partial charge >= 0.3 is 0 Å². The number of nitrogens with zero attached hydrogens (tertiary/aromatic N) is 3. The van der Waals surface area contributed by atoms with E-state index >= 15 is 0 Å². The van der Waals surface area contributed by atoms with Gasteiger partial charge in [0, 0.05) is 19.3 Å². The molecule has 0 atom stereocenters. The zero-order chi connectivity index (χ0) is 15.9. The first kappa shape index (κ1) is 15.9. The highest BCUT2D eigenvalue weighted by Gasteiger charge is 2.10. The van der Waals surface area contributed by atoms with Gasteiger partial charge in [0.25, 0.3) is 5.91 Å². The van der Waals surface area contributed by atoms with Crippen LogP contribution in [-0.2, 0) is 0 Å². The first-order chi connectivity index (χ1) is 10.6. The van der Waals surface area contributed by atoms with E-state index < -0.39 is 0 Å². The van der Waals surface area contributed by atoms with Crippen molar-refractivity contribution < 1.29 is 4.79 Å². The zero-order valence-corrected chi connectivity index (χ0v) is 13.3. The molecule has 0 saturated heterocycles. The van der Waals surface area contributed by atoms with Crippen LogP contribution >= 0.6 is 0 Å². The van der Waals surface area contributed by atoms with Crippen LogP contribution in [0.2, 0.25) is 0 Å². The molecule has 1 N–H and O–H groups in total. The van der Waals surface area contributed by atoms with E-state index in [1.54, 1.807) is 12.1 Å². The fourth-order valence-electron chi connectivity index (χ4n) is 1.97. The maximum absolute atomic E-state index is 12.0. The number of hydrogen-bond acceptors (Lipinski definition) is 4. The summed E-state index contributed by atoms with van der Waals surface area (Å²) in [5.41, 5.74) is 1.36. The lowest BCUT2D eigenvalue weighted by atomic mass is 10.1. The number of rotatable bonds is 6. The fraction of sp³-hybridized carbons (Fsp3) is 0.353. The number of aromatic nitrogens is 2. The van der Waals surface area contributed by atoms with Crippen LogP contribution in [0, 0.1) is 5.92 Å². The molecule has 2 rings (SSSR count). The molecule has 1 amide bonds. The molecule has 0 bridgehead atoms. The van der Waals surface area contributed by atoms with Crippen LogP contribution < -0.4 is 10.2 Å². The van der Waals surface area contributed by atoms with Crippen LogP contribution in [0.15, 0.2) is 42.5 Å². The molecule has 1 aromatic heterocycles. The summed E-state index contributed by atoms with van der Waals surface area (Å²) in [7, 11) is 1.92. The van der Waals surface area contributed by atoms with Gasteiger partial charge in [-0.2, -0.15) is 0 Å². The van der Waals surface area contributed by atoms with E-state index in [1.807, 2.05) is 42.3 Å². The van der Waals surface area contributed by atoms with E-state index in [0.717, 1.165) is 12.1 Å². The van der Waals surface area contributed by atoms with E-state index in [-0.39, 0.29) is 5.91 Å². The van der Waals surface area contributed by atoms with Crippen molar-refractivity contribution in [3.05, 3.63) is 48.2 Å². The van der Waals surface area contributed by atoms with E-state index in [4.69, 9.17) is 0 Å². The second kappa shape index (κ2) is 7.54. The van der Waals surface area contributed by atoms with Crippen LogP contribution in [0.3, 0.4) is 0 Å². The summed E-state index contributed by atoms with van der Waals surface area (Å²) < 4.78 is 0. The Kier molecular flexibility index (Phi) is 5.47. The Balaban J connectivity index is 1.99. The quantitative estimate of drug-likeness (QED) is 0.890. The second-order valence-electron chi connectivity index (χ2n) is 5.61. The number of para-hydroxylation sites is 1. The highest BCUT2D eigenvalue weighted by molar-refractivity contribution is 5.92. The fourth-order valence-corrected chi connectivity index (χ4v) is 1.97. The minimum absolute atomic E-state index is 0.179. The molecule has 0 aliphatic heterocycles. The summed E-state index contributed by atoms with van der Waals surface area (Å²) >= 11 is 0. The molecule has 5 nitrogen and oxygen atoms in total. The summed E-state index contributed by atoms with van der Waals surface area (Å²) in [6.07, 6.45) is 0.952. The minimum atomic E-state index is -0.179. The number of amides is 1. The zero-order valence-electron chi connectivity index (χ0n) is 13.3. The van der Waals surface area contributed by atoms with Crippen molar-refractivity contribution in [3.63, 3.8) is 0 Å². The largest absolute Gasteiger partial charge is 0.351 e. The number of benzene rings is 1. The van der Waals surface area contributed by atoms with E-state index in [1.165, 1.54) is 0 Å². The molecule has 0 unspecified atom stereocenters. The topological polar surface area (TPSA) is 58.1 Å². The van der Waals surface area contributed by atoms with Crippen LogP contribution in [0.4, 0.5) is 11.5 Å². The first-order valence-corrected chi connectivity index (χ1v) is 7.48. The van der Waals surface area contributed by atoms with Crippen molar-refractivity contribution >= 4 is 17.4 Å². The Hall–Kier alpha value is -2.43. The Morgan fingerprint density at radius 3 is 2.45 bits per heavy atom. The van der Waals surface area contributed by atoms with Crippen molar-refractivity contribution in [3.8, 4) is 0 Å². The summed E-state index contributed by atoms with van der Waals surface area (Å²) in [5, 5.41) is 11.0. The van der Waals surface area contributed by atoms with E-state index in [2.05, 4.69) is 29.4 Å². The molecule has 22 heavy (non-hydrogen) atoms. The number of carbonyl (C=O) groups is 1. The number of carbonyl (C=O) groups excluding carboxylic acids is 1. The van der Waals surface area contributed by atoms with Crippen LogP contribution in [0.5, 0.6) is 0 Å². The molecule has 0 aliphatic rings. The maximum Gasteiger partial charge on any atom is 0.271 e. The lowest BCUT2D eigenvalue weighted by Gasteiger charge is -2.17. The number of nitrogens with one attached hydrogen (secondary N) is 1. The predicted molar refractivity (Wildman–Crippen MR) is 88.3 cm³/mol. The maximum atomic E-state index is 12.0. The third-order valence-electron chi connectivity index (χ3n) is 3.38. The average molecular weight is 298 g/mol. The highest BCUT2D eigenvalue weighted by atomic mass is 16.1. The van der Waals surface area contributed by atoms with Gasteiger partial charge in [0.15, 0.2) is 11.5 Å². The summed E-state index contributed by atoms with van der Waals surface area (Å²) in [6, 6.07) is 13.4. The van der Waals surface area contributed by atoms with Crippen molar-refractivity contribution in [2.45, 2.75) is 20.3 Å². The Morgan fingerprint density at radius 2 is 1.86 bits per heavy atom. The summed E-state index contributed by atoms with van der Waals surface area (Å²) in [5.74, 6) is 1.08. The Labute approximate surface area is 131 Å². The van der Waals surface area contributed by atoms with Gasteiger partial charge in [-0.3, -0.25) is 4.79 Å². The molecule has 1 aromatic carbocycles. The van der Waals surface area contributed by atoms with E-state index in [0.29, 0.717) is 24.0 Å². The number of hydrogen-bond donors (Lipinski definition) is 1. The van der Waals surface area contributed by atoms with Gasteiger partial charge in [0.05, 0.1) is 0 Å². The average Bonchev–Trinajstić information content (AvgIpc) is 2.54. The molecule has 0 fully saturated rings. The smallest absolute Gasteiger partial charge is 0.271 e. The third-order valence-corrected chi connectivity index (χ3v) is 3.38. The molecule has 2 aromatic rings. The Bertz CT molecular complexity index is 596. The van der Waals surface area contributed by atoms with E-state index in [9.17, 15) is 4.79 Å². The van der Waals surface area contributed by atoms with Gasteiger partial charge in [0.2, 0.25) is 0 Å². The minimum Gasteiger partial charge on any atom is -0.351 e. The summed E-state index contributed by atoms with van der Waals surface area (Å²) in [6.45, 7) is 4.91. The van der Waals surface area contributed by atoms with Crippen LogP contribution in [0.1, 0.15) is 30.8 Å². The van der Waals surface area contributed by atoms with Crippen LogP contribution in [0.25, 0.3) is 0 Å². The van der Waals surface area contributed by atoms with Crippen molar-refractivity contribution in [1.82, 2.24) is 15.5 Å². The molecule has 5 heteroatoms. The van der Waals surface area contributed by atoms with Crippen LogP contribution in [-0.4, -0.2) is 29.7 Å². The van der Waals surface area contributed by atoms with Crippen molar-refractivity contribution in [2.75, 3.05) is 18.5 Å². The van der Waals surface area contributed by atoms with Crippen molar-refractivity contribution in [2.24, 2.45) is 5.92 Å². The monoisotopic (exact) mass is 298 g/mol. The molecular weight excluding hydrogens is 276 g/mol. The second-order valence-corrected chi connectivity index (χ2v) is 5.61. The van der Waals surface area contributed by atoms with Gasteiger partial charge in [0.1, 0.15) is 0 Å². The molecular formula is C17H22N4O. The highest BCUT2D eigenvalue weighted by Crippen LogP contribution is 2.20. The first-order valence-electron chi connectivity index (χ1n) is 7.48. The molecule has 0 aliphatic carbocycles. The molecule has 0 radical (unpaired) electrons. The van der Waals surface area contributed by atoms with Gasteiger partial charge in [-0.25, -0.2) is 0 Å². The standard InChI is InChI=1S/C17H22N4O/c1-13(2)11-12-18-17(22)15-9-10-16(20-19-15)21(3)14-7-5-4-6-8-14/h4-10,13H,11-12H2,1-3H3,(H,18,22). The number of anilines is 2. The lowest BCUT2D eigenvalue weighted by molar-refractivity contribution is 0.0946. The Morgan fingerprint density at radius 1 is 1.14 bits per heavy atom. The molecule has 0 spiro atoms. The molecule has 0 saturated carbocycles. The molecule has 116 valence electrons. The van der Waals surface area contributed by atoms with Gasteiger partial charge < -0.3 is 10.2 Å². The van der Waals surface area contributed by atoms with Gasteiger partial charge in [-0.1, -0.05) is 32.0 Å². The van der Waals surface area contributed by atoms with Gasteiger partial charge in [-0.05, 0) is 36.6 Å².